The van der Waals surface area contributed by atoms with Gasteiger partial charge in [-0.2, -0.15) is 8.78 Å². The van der Waals surface area contributed by atoms with Gasteiger partial charge in [0.15, 0.2) is 0 Å². The number of ether oxygens (including phenoxy) is 1. The van der Waals surface area contributed by atoms with Crippen molar-refractivity contribution in [3.8, 4) is 5.88 Å². The fraction of sp³-hybridized carbons (Fsp3) is 0.167. The van der Waals surface area contributed by atoms with Crippen LogP contribution in [0.15, 0.2) is 18.3 Å². The van der Waals surface area contributed by atoms with Crippen LogP contribution in [0.25, 0.3) is 0 Å². The number of alkyl halides is 2. The Balaban J connectivity index is 2.71. The van der Waals surface area contributed by atoms with Crippen molar-refractivity contribution in [2.75, 3.05) is 0 Å². The number of nitrogens with zero attached hydrogens (tertiary/aromatic N) is 1. The van der Waals surface area contributed by atoms with Gasteiger partial charge in [0.1, 0.15) is 0 Å². The normalized spacial score (nSPS) is 10.2. The van der Waals surface area contributed by atoms with Gasteiger partial charge in [-0.15, -0.1) is 0 Å². The maximum absolute atomic E-state index is 11.6. The molecule has 2 nitrogen and oxygen atoms in total. The molecule has 0 fully saturated rings. The minimum absolute atomic E-state index is 0.0492. The summed E-state index contributed by atoms with van der Waals surface area (Å²) >= 11 is 1.99. The summed E-state index contributed by atoms with van der Waals surface area (Å²) in [6.45, 7) is -2.80. The number of pyridine rings is 1. The molecule has 1 rings (SSSR count). The van der Waals surface area contributed by atoms with Crippen LogP contribution < -0.4 is 4.74 Å². The molecule has 0 radical (unpaired) electrons. The van der Waals surface area contributed by atoms with Gasteiger partial charge in [0, 0.05) is 15.8 Å². The predicted octanol–water partition coefficient (Wildman–Crippen LogP) is 2.29. The summed E-state index contributed by atoms with van der Waals surface area (Å²) in [5.74, 6) is -0.0492. The highest BCUT2D eigenvalue weighted by Crippen LogP contribution is 2.13. The summed E-state index contributed by atoms with van der Waals surface area (Å²) in [5.41, 5.74) is 0. The molecule has 0 amide bonds. The Morgan fingerprint density at radius 2 is 2.27 bits per heavy atom. The Kier molecular flexibility index (Phi) is 2.98. The van der Waals surface area contributed by atoms with Gasteiger partial charge in [0.25, 0.3) is 0 Å². The molecule has 0 bridgehead atoms. The number of hydrogen-bond acceptors (Lipinski definition) is 2. The summed E-state index contributed by atoms with van der Waals surface area (Å²) in [5, 5.41) is 0. The molecule has 0 aliphatic carbocycles. The molecule has 0 aromatic carbocycles. The first-order valence-electron chi connectivity index (χ1n) is 2.75. The van der Waals surface area contributed by atoms with Crippen molar-refractivity contribution in [3.63, 3.8) is 0 Å². The summed E-state index contributed by atoms with van der Waals surface area (Å²) in [6, 6.07) is 3.13. The molecule has 1 heterocycles. The van der Waals surface area contributed by atoms with E-state index in [1.165, 1.54) is 12.3 Å². The molecule has 1 aromatic heterocycles. The van der Waals surface area contributed by atoms with Gasteiger partial charge in [-0.25, -0.2) is 4.98 Å². The molecule has 0 aliphatic rings. The molecular formula is C6H4F2INO. The second-order valence-electron chi connectivity index (χ2n) is 1.69. The van der Waals surface area contributed by atoms with E-state index in [4.69, 9.17) is 0 Å². The van der Waals surface area contributed by atoms with Crippen LogP contribution in [0.4, 0.5) is 8.78 Å². The van der Waals surface area contributed by atoms with Crippen LogP contribution in [0.2, 0.25) is 0 Å². The molecular weight excluding hydrogens is 267 g/mol. The molecule has 1 aromatic rings. The fourth-order valence-corrected chi connectivity index (χ4v) is 0.968. The maximum atomic E-state index is 11.6. The van der Waals surface area contributed by atoms with Gasteiger partial charge in [-0.1, -0.05) is 0 Å². The highest BCUT2D eigenvalue weighted by molar-refractivity contribution is 14.1. The number of aromatic nitrogens is 1. The van der Waals surface area contributed by atoms with E-state index in [0.29, 0.717) is 0 Å². The zero-order valence-corrected chi connectivity index (χ0v) is 7.46. The quantitative estimate of drug-likeness (QED) is 0.770. The predicted molar refractivity (Wildman–Crippen MR) is 43.6 cm³/mol. The van der Waals surface area contributed by atoms with Crippen LogP contribution in [0.3, 0.4) is 0 Å². The summed E-state index contributed by atoms with van der Waals surface area (Å²) in [7, 11) is 0. The molecule has 5 heteroatoms. The molecule has 0 saturated heterocycles. The lowest BCUT2D eigenvalue weighted by atomic mass is 10.5. The third kappa shape index (κ3) is 2.96. The van der Waals surface area contributed by atoms with Crippen molar-refractivity contribution in [3.05, 3.63) is 21.9 Å². The molecule has 0 N–H and O–H groups in total. The monoisotopic (exact) mass is 271 g/mol. The third-order valence-electron chi connectivity index (χ3n) is 0.907. The average molecular weight is 271 g/mol. The molecule has 60 valence electrons. The van der Waals surface area contributed by atoms with E-state index in [-0.39, 0.29) is 5.88 Å². The Labute approximate surface area is 75.7 Å². The number of halogens is 3. The second-order valence-corrected chi connectivity index (χ2v) is 2.94. The SMILES string of the molecule is FC(F)Oc1cc(I)ccn1. The average Bonchev–Trinajstić information content (AvgIpc) is 1.85. The first-order chi connectivity index (χ1) is 5.18. The Hall–Kier alpha value is -0.460. The molecule has 0 atom stereocenters. The van der Waals surface area contributed by atoms with Crippen LogP contribution in [0.1, 0.15) is 0 Å². The van der Waals surface area contributed by atoms with Crippen LogP contribution in [0, 0.1) is 3.57 Å². The smallest absolute Gasteiger partial charge is 0.388 e. The Morgan fingerprint density at radius 1 is 1.55 bits per heavy atom. The molecule has 11 heavy (non-hydrogen) atoms. The van der Waals surface area contributed by atoms with Gasteiger partial charge in [0.05, 0.1) is 0 Å². The second kappa shape index (κ2) is 3.80. The van der Waals surface area contributed by atoms with Crippen molar-refractivity contribution in [1.29, 1.82) is 0 Å². The van der Waals surface area contributed by atoms with Crippen molar-refractivity contribution in [2.24, 2.45) is 0 Å². The molecule has 0 aliphatic heterocycles. The minimum atomic E-state index is -2.80. The highest BCUT2D eigenvalue weighted by atomic mass is 127. The lowest BCUT2D eigenvalue weighted by molar-refractivity contribution is -0.0528. The number of rotatable bonds is 2. The van der Waals surface area contributed by atoms with Gasteiger partial charge >= 0.3 is 6.61 Å². The van der Waals surface area contributed by atoms with E-state index in [1.54, 1.807) is 6.07 Å². The van der Waals surface area contributed by atoms with Crippen LogP contribution in [0.5, 0.6) is 5.88 Å². The molecule has 0 unspecified atom stereocenters. The Bertz CT molecular complexity index is 244. The van der Waals surface area contributed by atoms with E-state index in [1.807, 2.05) is 22.6 Å². The van der Waals surface area contributed by atoms with Gasteiger partial charge in [0.2, 0.25) is 5.88 Å². The molecule has 0 saturated carbocycles. The Morgan fingerprint density at radius 3 is 2.82 bits per heavy atom. The van der Waals surface area contributed by atoms with E-state index < -0.39 is 6.61 Å². The topological polar surface area (TPSA) is 22.1 Å². The number of hydrogen-bond donors (Lipinski definition) is 0. The largest absolute Gasteiger partial charge is 0.417 e. The van der Waals surface area contributed by atoms with E-state index in [0.717, 1.165) is 3.57 Å². The van der Waals surface area contributed by atoms with E-state index in [9.17, 15) is 8.78 Å². The first kappa shape index (κ1) is 8.63. The summed E-state index contributed by atoms with van der Waals surface area (Å²) < 4.78 is 28.0. The summed E-state index contributed by atoms with van der Waals surface area (Å²) in [4.78, 5) is 3.57. The lowest BCUT2D eigenvalue weighted by Gasteiger charge is -2.01. The lowest BCUT2D eigenvalue weighted by Crippen LogP contribution is -2.03. The van der Waals surface area contributed by atoms with Crippen LogP contribution >= 0.6 is 22.6 Å². The van der Waals surface area contributed by atoms with Crippen molar-refractivity contribution >= 4 is 22.6 Å². The van der Waals surface area contributed by atoms with Gasteiger partial charge < -0.3 is 4.74 Å². The third-order valence-corrected chi connectivity index (χ3v) is 1.58. The zero-order chi connectivity index (χ0) is 8.27. The van der Waals surface area contributed by atoms with Gasteiger partial charge in [-0.05, 0) is 28.7 Å². The van der Waals surface area contributed by atoms with Crippen LogP contribution in [-0.4, -0.2) is 11.6 Å². The standard InChI is InChI=1S/C6H4F2INO/c7-6(8)11-5-3-4(9)1-2-10-5/h1-3,6H. The van der Waals surface area contributed by atoms with Crippen molar-refractivity contribution in [1.82, 2.24) is 4.98 Å². The van der Waals surface area contributed by atoms with Crippen molar-refractivity contribution in [2.45, 2.75) is 6.61 Å². The molecule has 0 spiro atoms. The first-order valence-corrected chi connectivity index (χ1v) is 3.83. The highest BCUT2D eigenvalue weighted by Gasteiger charge is 2.04. The van der Waals surface area contributed by atoms with Gasteiger partial charge in [-0.3, -0.25) is 0 Å². The van der Waals surface area contributed by atoms with E-state index in [2.05, 4.69) is 9.72 Å². The maximum Gasteiger partial charge on any atom is 0.388 e. The van der Waals surface area contributed by atoms with E-state index >= 15 is 0 Å². The summed E-state index contributed by atoms with van der Waals surface area (Å²) in [6.07, 6.45) is 1.42. The zero-order valence-electron chi connectivity index (χ0n) is 5.30. The fourth-order valence-electron chi connectivity index (χ4n) is 0.541. The van der Waals surface area contributed by atoms with Crippen molar-refractivity contribution < 1.29 is 13.5 Å². The minimum Gasteiger partial charge on any atom is -0.417 e. The van der Waals surface area contributed by atoms with Crippen LogP contribution in [-0.2, 0) is 0 Å².